The van der Waals surface area contributed by atoms with E-state index in [1.54, 1.807) is 24.3 Å². The molecule has 0 aliphatic carbocycles. The SMILES string of the molecule is COC(=O)c1cc(=O)nc2n1C(=N)c1ccccc1-2. The second-order valence-corrected chi connectivity index (χ2v) is 4.02. The van der Waals surface area contributed by atoms with E-state index in [2.05, 4.69) is 9.72 Å². The Bertz CT molecular complexity index is 777. The number of carbonyl (C=O) groups is 1. The standard InChI is InChI=1S/C13H9N3O3/c1-19-13(18)9-6-10(17)15-12-8-5-3-2-4-7(8)11(14)16(9)12/h2-6,14H,1H3. The first kappa shape index (κ1) is 11.3. The van der Waals surface area contributed by atoms with E-state index >= 15 is 0 Å². The summed E-state index contributed by atoms with van der Waals surface area (Å²) in [7, 11) is 1.23. The minimum absolute atomic E-state index is 0.0127. The molecule has 1 aliphatic rings. The van der Waals surface area contributed by atoms with Crippen molar-refractivity contribution in [3.05, 3.63) is 51.9 Å². The molecule has 0 saturated carbocycles. The number of methoxy groups -OCH3 is 1. The number of aromatic nitrogens is 2. The van der Waals surface area contributed by atoms with Crippen LogP contribution in [0.5, 0.6) is 0 Å². The maximum absolute atomic E-state index is 11.7. The van der Waals surface area contributed by atoms with Crippen LogP contribution in [0.15, 0.2) is 35.1 Å². The number of rotatable bonds is 1. The number of hydrogen-bond acceptors (Lipinski definition) is 5. The number of ether oxygens (including phenoxy) is 1. The van der Waals surface area contributed by atoms with E-state index < -0.39 is 11.5 Å². The van der Waals surface area contributed by atoms with Crippen LogP contribution >= 0.6 is 0 Å². The average molecular weight is 255 g/mol. The molecule has 2 aromatic rings. The van der Waals surface area contributed by atoms with E-state index in [9.17, 15) is 9.59 Å². The van der Waals surface area contributed by atoms with Gasteiger partial charge in [0.2, 0.25) is 0 Å². The van der Waals surface area contributed by atoms with E-state index in [1.165, 1.54) is 11.7 Å². The molecule has 0 bridgehead atoms. The maximum Gasteiger partial charge on any atom is 0.355 e. The van der Waals surface area contributed by atoms with E-state index in [4.69, 9.17) is 5.41 Å². The summed E-state index contributed by atoms with van der Waals surface area (Å²) in [6.07, 6.45) is 0. The Morgan fingerprint density at radius 3 is 2.68 bits per heavy atom. The van der Waals surface area contributed by atoms with Crippen molar-refractivity contribution in [1.29, 1.82) is 5.41 Å². The molecule has 1 aromatic heterocycles. The number of nitrogens with zero attached hydrogens (tertiary/aromatic N) is 2. The topological polar surface area (TPSA) is 85.0 Å². The predicted molar refractivity (Wildman–Crippen MR) is 67.5 cm³/mol. The van der Waals surface area contributed by atoms with Gasteiger partial charge in [0.05, 0.1) is 7.11 Å². The van der Waals surface area contributed by atoms with Gasteiger partial charge >= 0.3 is 5.97 Å². The van der Waals surface area contributed by atoms with E-state index in [1.807, 2.05) is 0 Å². The quantitative estimate of drug-likeness (QED) is 0.654. The van der Waals surface area contributed by atoms with Crippen LogP contribution in [0.4, 0.5) is 0 Å². The molecule has 0 saturated heterocycles. The highest BCUT2D eigenvalue weighted by Gasteiger charge is 2.29. The zero-order valence-corrected chi connectivity index (χ0v) is 10.0. The lowest BCUT2D eigenvalue weighted by Gasteiger charge is -2.08. The Morgan fingerprint density at radius 2 is 2.00 bits per heavy atom. The zero-order chi connectivity index (χ0) is 13.6. The first-order valence-corrected chi connectivity index (χ1v) is 5.54. The van der Waals surface area contributed by atoms with Gasteiger partial charge in [-0.25, -0.2) is 4.79 Å². The Labute approximate surface area is 107 Å². The molecule has 0 atom stereocenters. The lowest BCUT2D eigenvalue weighted by molar-refractivity contribution is 0.0591. The van der Waals surface area contributed by atoms with Crippen molar-refractivity contribution < 1.29 is 9.53 Å². The number of nitrogens with one attached hydrogen (secondary N) is 1. The summed E-state index contributed by atoms with van der Waals surface area (Å²) in [6.45, 7) is 0. The lowest BCUT2D eigenvalue weighted by atomic mass is 10.1. The third kappa shape index (κ3) is 1.50. The number of hydrogen-bond donors (Lipinski definition) is 1. The summed E-state index contributed by atoms with van der Waals surface area (Å²) in [5.74, 6) is -0.259. The summed E-state index contributed by atoms with van der Waals surface area (Å²) >= 11 is 0. The molecular weight excluding hydrogens is 246 g/mol. The molecule has 0 amide bonds. The molecule has 94 valence electrons. The molecule has 0 radical (unpaired) electrons. The second kappa shape index (κ2) is 3.88. The zero-order valence-electron chi connectivity index (χ0n) is 10.0. The fourth-order valence-corrected chi connectivity index (χ4v) is 2.15. The number of benzene rings is 1. The summed E-state index contributed by atoms with van der Waals surface area (Å²) in [5.41, 5.74) is 0.774. The molecule has 19 heavy (non-hydrogen) atoms. The van der Waals surface area contributed by atoms with Crippen LogP contribution in [0.1, 0.15) is 16.1 Å². The van der Waals surface area contributed by atoms with E-state index in [0.717, 1.165) is 6.07 Å². The van der Waals surface area contributed by atoms with Gasteiger partial charge in [-0.1, -0.05) is 24.3 Å². The molecular formula is C13H9N3O3. The number of carbonyl (C=O) groups excluding carboxylic acids is 1. The van der Waals surface area contributed by atoms with Gasteiger partial charge in [0, 0.05) is 17.2 Å². The van der Waals surface area contributed by atoms with Crippen LogP contribution in [0.2, 0.25) is 0 Å². The minimum atomic E-state index is -0.668. The molecule has 6 heteroatoms. The largest absolute Gasteiger partial charge is 0.464 e. The highest BCUT2D eigenvalue weighted by Crippen LogP contribution is 2.29. The van der Waals surface area contributed by atoms with Gasteiger partial charge in [0.25, 0.3) is 5.56 Å². The van der Waals surface area contributed by atoms with Crippen molar-refractivity contribution in [1.82, 2.24) is 9.55 Å². The van der Waals surface area contributed by atoms with Crippen LogP contribution < -0.4 is 5.56 Å². The lowest BCUT2D eigenvalue weighted by Crippen LogP contribution is -2.23. The molecule has 0 spiro atoms. The summed E-state index contributed by atoms with van der Waals surface area (Å²) in [6, 6.07) is 8.17. The van der Waals surface area contributed by atoms with E-state index in [-0.39, 0.29) is 11.5 Å². The Balaban J connectivity index is 2.39. The van der Waals surface area contributed by atoms with Gasteiger partial charge in [0.1, 0.15) is 11.5 Å². The van der Waals surface area contributed by atoms with Crippen molar-refractivity contribution in [3.63, 3.8) is 0 Å². The smallest absolute Gasteiger partial charge is 0.355 e. The molecule has 2 heterocycles. The fraction of sp³-hybridized carbons (Fsp3) is 0.0769. The van der Waals surface area contributed by atoms with Crippen molar-refractivity contribution in [3.8, 4) is 11.4 Å². The highest BCUT2D eigenvalue weighted by atomic mass is 16.5. The summed E-state index contributed by atoms with van der Waals surface area (Å²) < 4.78 is 5.97. The molecule has 1 N–H and O–H groups in total. The monoisotopic (exact) mass is 255 g/mol. The van der Waals surface area contributed by atoms with E-state index in [0.29, 0.717) is 17.0 Å². The normalized spacial score (nSPS) is 11.9. The summed E-state index contributed by atoms with van der Waals surface area (Å²) in [5, 5.41) is 8.11. The Morgan fingerprint density at radius 1 is 1.32 bits per heavy atom. The predicted octanol–water partition coefficient (Wildman–Crippen LogP) is 0.884. The van der Waals surface area contributed by atoms with Gasteiger partial charge in [0.15, 0.2) is 5.82 Å². The van der Waals surface area contributed by atoms with Crippen molar-refractivity contribution >= 4 is 11.8 Å². The molecule has 0 unspecified atom stereocenters. The first-order chi connectivity index (χ1) is 9.13. The molecule has 0 fully saturated rings. The van der Waals surface area contributed by atoms with Crippen molar-refractivity contribution in [2.75, 3.05) is 7.11 Å². The molecule has 1 aliphatic heterocycles. The highest BCUT2D eigenvalue weighted by molar-refractivity contribution is 6.12. The van der Waals surface area contributed by atoms with Crippen LogP contribution in [0, 0.1) is 5.41 Å². The van der Waals surface area contributed by atoms with Crippen molar-refractivity contribution in [2.24, 2.45) is 0 Å². The summed E-state index contributed by atoms with van der Waals surface area (Å²) in [4.78, 5) is 27.2. The van der Waals surface area contributed by atoms with Crippen LogP contribution in [0.3, 0.4) is 0 Å². The van der Waals surface area contributed by atoms with Gasteiger partial charge in [-0.05, 0) is 0 Å². The fourth-order valence-electron chi connectivity index (χ4n) is 2.15. The van der Waals surface area contributed by atoms with Gasteiger partial charge < -0.3 is 4.74 Å². The average Bonchev–Trinajstić information content (AvgIpc) is 2.71. The number of esters is 1. The van der Waals surface area contributed by atoms with Crippen molar-refractivity contribution in [2.45, 2.75) is 0 Å². The van der Waals surface area contributed by atoms with Crippen LogP contribution in [-0.4, -0.2) is 28.5 Å². The third-order valence-electron chi connectivity index (χ3n) is 2.97. The van der Waals surface area contributed by atoms with Gasteiger partial charge in [-0.3, -0.25) is 14.8 Å². The Hall–Kier alpha value is -2.76. The second-order valence-electron chi connectivity index (χ2n) is 4.02. The molecule has 1 aromatic carbocycles. The van der Waals surface area contributed by atoms with Gasteiger partial charge in [-0.15, -0.1) is 0 Å². The molecule has 6 nitrogen and oxygen atoms in total. The third-order valence-corrected chi connectivity index (χ3v) is 2.97. The first-order valence-electron chi connectivity index (χ1n) is 5.54. The number of fused-ring (bicyclic) bond motifs is 3. The minimum Gasteiger partial charge on any atom is -0.464 e. The van der Waals surface area contributed by atoms with Gasteiger partial charge in [-0.2, -0.15) is 4.98 Å². The molecule has 3 rings (SSSR count). The Kier molecular flexibility index (Phi) is 2.31. The maximum atomic E-state index is 11.7. The van der Waals surface area contributed by atoms with Crippen LogP contribution in [0.25, 0.3) is 11.4 Å². The van der Waals surface area contributed by atoms with Crippen LogP contribution in [-0.2, 0) is 4.74 Å².